The van der Waals surface area contributed by atoms with Gasteiger partial charge >= 0.3 is 0 Å². The van der Waals surface area contributed by atoms with Gasteiger partial charge in [0.25, 0.3) is 5.91 Å². The van der Waals surface area contributed by atoms with Gasteiger partial charge in [0.15, 0.2) is 0 Å². The van der Waals surface area contributed by atoms with E-state index in [-0.39, 0.29) is 11.8 Å². The minimum atomic E-state index is -0.214. The average Bonchev–Trinajstić information content (AvgIpc) is 2.41. The monoisotopic (exact) mass is 277 g/mol. The average molecular weight is 277 g/mol. The van der Waals surface area contributed by atoms with Crippen LogP contribution in [0.2, 0.25) is 0 Å². The highest BCUT2D eigenvalue weighted by Gasteiger charge is 2.16. The topological polar surface area (TPSA) is 77.6 Å². The van der Waals surface area contributed by atoms with Crippen molar-refractivity contribution in [1.82, 2.24) is 20.3 Å². The molecule has 2 heterocycles. The molecule has 2 rings (SSSR count). The molecule has 0 aromatic carbocycles. The van der Waals surface area contributed by atoms with E-state index in [0.717, 1.165) is 26.2 Å². The van der Waals surface area contributed by atoms with Crippen molar-refractivity contribution in [3.63, 3.8) is 0 Å². The number of anilines is 1. The maximum atomic E-state index is 12.1. The number of rotatable bonds is 3. The number of hydrogen-bond acceptors (Lipinski definition) is 5. The van der Waals surface area contributed by atoms with Gasteiger partial charge in [-0.2, -0.15) is 0 Å². The molecule has 2 N–H and O–H groups in total. The molecule has 2 amide bonds. The number of hydrazine groups is 1. The van der Waals surface area contributed by atoms with E-state index < -0.39 is 0 Å². The van der Waals surface area contributed by atoms with Crippen molar-refractivity contribution < 1.29 is 9.59 Å². The largest absolute Gasteiger partial charge is 0.311 e. The SMILES string of the molecule is CC(=O)Nc1cc(C(=O)NN2CCN(C)CC2)ccn1. The summed E-state index contributed by atoms with van der Waals surface area (Å²) in [7, 11) is 2.06. The molecule has 0 bridgehead atoms. The molecule has 0 saturated carbocycles. The molecule has 1 aliphatic heterocycles. The summed E-state index contributed by atoms with van der Waals surface area (Å²) >= 11 is 0. The summed E-state index contributed by atoms with van der Waals surface area (Å²) in [6, 6.07) is 3.18. The van der Waals surface area contributed by atoms with E-state index in [1.807, 2.05) is 5.01 Å². The van der Waals surface area contributed by atoms with Crippen LogP contribution in [-0.2, 0) is 4.79 Å². The lowest BCUT2D eigenvalue weighted by atomic mass is 10.2. The Balaban J connectivity index is 1.96. The number of carbonyl (C=O) groups is 2. The lowest BCUT2D eigenvalue weighted by molar-refractivity contribution is -0.114. The fraction of sp³-hybridized carbons (Fsp3) is 0.462. The quantitative estimate of drug-likeness (QED) is 0.809. The number of nitrogens with zero attached hydrogens (tertiary/aromatic N) is 3. The Hall–Kier alpha value is -1.99. The van der Waals surface area contributed by atoms with Crippen LogP contribution in [0.15, 0.2) is 18.3 Å². The zero-order chi connectivity index (χ0) is 14.5. The van der Waals surface area contributed by atoms with Crippen LogP contribution in [0.4, 0.5) is 5.82 Å². The number of piperazine rings is 1. The molecule has 0 radical (unpaired) electrons. The Morgan fingerprint density at radius 3 is 2.60 bits per heavy atom. The first-order chi connectivity index (χ1) is 9.54. The molecule has 108 valence electrons. The van der Waals surface area contributed by atoms with Crippen LogP contribution < -0.4 is 10.7 Å². The summed E-state index contributed by atoms with van der Waals surface area (Å²) in [6.07, 6.45) is 1.50. The minimum Gasteiger partial charge on any atom is -0.311 e. The Bertz CT molecular complexity index is 497. The molecule has 1 saturated heterocycles. The van der Waals surface area contributed by atoms with Gasteiger partial charge in [-0.05, 0) is 19.2 Å². The molecule has 1 fully saturated rings. The van der Waals surface area contributed by atoms with E-state index in [1.165, 1.54) is 13.1 Å². The highest BCUT2D eigenvalue weighted by Crippen LogP contribution is 2.07. The Kier molecular flexibility index (Phi) is 4.65. The van der Waals surface area contributed by atoms with Crippen LogP contribution in [0.3, 0.4) is 0 Å². The molecule has 0 spiro atoms. The summed E-state index contributed by atoms with van der Waals surface area (Å²) in [4.78, 5) is 29.3. The minimum absolute atomic E-state index is 0.191. The number of amides is 2. The molecular formula is C13H19N5O2. The molecule has 20 heavy (non-hydrogen) atoms. The number of pyridine rings is 1. The smallest absolute Gasteiger partial charge is 0.265 e. The van der Waals surface area contributed by atoms with Gasteiger partial charge in [0.05, 0.1) is 0 Å². The molecule has 7 heteroatoms. The third kappa shape index (κ3) is 4.01. The standard InChI is InChI=1S/C13H19N5O2/c1-10(19)15-12-9-11(3-4-14-12)13(20)16-18-7-5-17(2)6-8-18/h3-4,9H,5-8H2,1-2H3,(H,16,20)(H,14,15,19). The number of aromatic nitrogens is 1. The van der Waals surface area contributed by atoms with Gasteiger partial charge in [-0.25, -0.2) is 9.99 Å². The highest BCUT2D eigenvalue weighted by atomic mass is 16.2. The number of likely N-dealkylation sites (N-methyl/N-ethyl adjacent to an activating group) is 1. The summed E-state index contributed by atoms with van der Waals surface area (Å²) < 4.78 is 0. The summed E-state index contributed by atoms with van der Waals surface area (Å²) in [5.41, 5.74) is 3.34. The first-order valence-corrected chi connectivity index (χ1v) is 6.53. The van der Waals surface area contributed by atoms with Crippen molar-refractivity contribution in [3.8, 4) is 0 Å². The van der Waals surface area contributed by atoms with Crippen LogP contribution in [0.25, 0.3) is 0 Å². The number of hydrogen-bond donors (Lipinski definition) is 2. The van der Waals surface area contributed by atoms with E-state index in [1.54, 1.807) is 12.1 Å². The lowest BCUT2D eigenvalue weighted by Gasteiger charge is -2.32. The predicted molar refractivity (Wildman–Crippen MR) is 75.1 cm³/mol. The van der Waals surface area contributed by atoms with Crippen LogP contribution >= 0.6 is 0 Å². The van der Waals surface area contributed by atoms with E-state index in [9.17, 15) is 9.59 Å². The van der Waals surface area contributed by atoms with Gasteiger partial charge in [-0.3, -0.25) is 15.0 Å². The van der Waals surface area contributed by atoms with Crippen molar-refractivity contribution in [2.45, 2.75) is 6.92 Å². The van der Waals surface area contributed by atoms with Crippen LogP contribution in [-0.4, -0.2) is 59.9 Å². The van der Waals surface area contributed by atoms with Gasteiger partial charge in [0.1, 0.15) is 5.82 Å². The molecular weight excluding hydrogens is 258 g/mol. The van der Waals surface area contributed by atoms with Crippen molar-refractivity contribution in [2.75, 3.05) is 38.5 Å². The van der Waals surface area contributed by atoms with Gasteiger partial charge < -0.3 is 10.2 Å². The van der Waals surface area contributed by atoms with Gasteiger partial charge in [-0.1, -0.05) is 0 Å². The van der Waals surface area contributed by atoms with E-state index in [4.69, 9.17) is 0 Å². The highest BCUT2D eigenvalue weighted by molar-refractivity contribution is 5.95. The second-order valence-electron chi connectivity index (χ2n) is 4.84. The maximum Gasteiger partial charge on any atom is 0.265 e. The summed E-state index contributed by atoms with van der Waals surface area (Å²) in [5.74, 6) is -0.0267. The van der Waals surface area contributed by atoms with Gasteiger partial charge in [0.2, 0.25) is 5.91 Å². The zero-order valence-corrected chi connectivity index (χ0v) is 11.7. The molecule has 0 atom stereocenters. The number of nitrogens with one attached hydrogen (secondary N) is 2. The predicted octanol–water partition coefficient (Wildman–Crippen LogP) is -0.0678. The van der Waals surface area contributed by atoms with Crippen LogP contribution in [0.1, 0.15) is 17.3 Å². The van der Waals surface area contributed by atoms with Gasteiger partial charge in [0, 0.05) is 44.9 Å². The Morgan fingerprint density at radius 1 is 1.25 bits per heavy atom. The van der Waals surface area contributed by atoms with Gasteiger partial charge in [-0.15, -0.1) is 0 Å². The number of carbonyl (C=O) groups excluding carboxylic acids is 2. The van der Waals surface area contributed by atoms with E-state index in [2.05, 4.69) is 27.7 Å². The first-order valence-electron chi connectivity index (χ1n) is 6.53. The third-order valence-electron chi connectivity index (χ3n) is 3.09. The fourth-order valence-corrected chi connectivity index (χ4v) is 1.95. The van der Waals surface area contributed by atoms with Crippen molar-refractivity contribution in [3.05, 3.63) is 23.9 Å². The van der Waals surface area contributed by atoms with Crippen LogP contribution in [0, 0.1) is 0 Å². The summed E-state index contributed by atoms with van der Waals surface area (Å²) in [6.45, 7) is 4.85. The maximum absolute atomic E-state index is 12.1. The van der Waals surface area contributed by atoms with E-state index >= 15 is 0 Å². The second kappa shape index (κ2) is 6.44. The molecule has 1 aliphatic rings. The van der Waals surface area contributed by atoms with Crippen molar-refractivity contribution in [1.29, 1.82) is 0 Å². The second-order valence-corrected chi connectivity index (χ2v) is 4.84. The fourth-order valence-electron chi connectivity index (χ4n) is 1.95. The van der Waals surface area contributed by atoms with Crippen molar-refractivity contribution >= 4 is 17.6 Å². The molecule has 1 aromatic heterocycles. The molecule has 0 aliphatic carbocycles. The lowest BCUT2D eigenvalue weighted by Crippen LogP contribution is -2.52. The Labute approximate surface area is 117 Å². The normalized spacial score (nSPS) is 16.7. The van der Waals surface area contributed by atoms with Crippen molar-refractivity contribution in [2.24, 2.45) is 0 Å². The molecule has 7 nitrogen and oxygen atoms in total. The van der Waals surface area contributed by atoms with E-state index in [0.29, 0.717) is 11.4 Å². The third-order valence-corrected chi connectivity index (χ3v) is 3.09. The Morgan fingerprint density at radius 2 is 1.95 bits per heavy atom. The van der Waals surface area contributed by atoms with Crippen LogP contribution in [0.5, 0.6) is 0 Å². The zero-order valence-electron chi connectivity index (χ0n) is 11.7. The molecule has 1 aromatic rings. The summed E-state index contributed by atoms with van der Waals surface area (Å²) in [5, 5.41) is 4.46. The molecule has 0 unspecified atom stereocenters. The first kappa shape index (κ1) is 14.4.